The molecule has 0 atom stereocenters. The highest BCUT2D eigenvalue weighted by Gasteiger charge is 2.19. The van der Waals surface area contributed by atoms with Gasteiger partial charge in [-0.1, -0.05) is 11.6 Å². The van der Waals surface area contributed by atoms with Crippen LogP contribution in [0, 0.1) is 5.82 Å². The molecule has 4 rings (SSSR count). The van der Waals surface area contributed by atoms with Gasteiger partial charge in [-0.3, -0.25) is 18.9 Å². The molecule has 10 nitrogen and oxygen atoms in total. The van der Waals surface area contributed by atoms with E-state index in [0.717, 1.165) is 6.07 Å². The van der Waals surface area contributed by atoms with Gasteiger partial charge in [-0.25, -0.2) is 4.39 Å². The van der Waals surface area contributed by atoms with Crippen molar-refractivity contribution < 1.29 is 17.6 Å². The van der Waals surface area contributed by atoms with Gasteiger partial charge in [0.1, 0.15) is 11.5 Å². The predicted molar refractivity (Wildman–Crippen MR) is 123 cm³/mol. The minimum atomic E-state index is -3.85. The van der Waals surface area contributed by atoms with E-state index in [9.17, 15) is 17.6 Å². The van der Waals surface area contributed by atoms with Crippen LogP contribution < -0.4 is 14.8 Å². The number of aromatic nitrogens is 4. The molecule has 1 amide bonds. The molecular weight excluding hydrogens is 473 g/mol. The summed E-state index contributed by atoms with van der Waals surface area (Å²) in [6.07, 6.45) is 3.27. The van der Waals surface area contributed by atoms with Crippen molar-refractivity contribution in [3.63, 3.8) is 0 Å². The van der Waals surface area contributed by atoms with Gasteiger partial charge in [0.05, 0.1) is 22.4 Å². The molecule has 2 aromatic heterocycles. The largest absolute Gasteiger partial charge is 0.321 e. The molecule has 2 aromatic carbocycles. The Morgan fingerprint density at radius 3 is 2.61 bits per heavy atom. The molecule has 0 aliphatic carbocycles. The summed E-state index contributed by atoms with van der Waals surface area (Å²) >= 11 is 5.77. The van der Waals surface area contributed by atoms with Gasteiger partial charge in [0.15, 0.2) is 0 Å². The van der Waals surface area contributed by atoms with Crippen molar-refractivity contribution in [2.24, 2.45) is 14.1 Å². The first kappa shape index (κ1) is 22.7. The van der Waals surface area contributed by atoms with E-state index in [1.807, 2.05) is 0 Å². The Kier molecular flexibility index (Phi) is 6.06. The first-order chi connectivity index (χ1) is 15.6. The average Bonchev–Trinajstić information content (AvgIpc) is 3.30. The van der Waals surface area contributed by atoms with Crippen LogP contribution in [0.15, 0.2) is 48.8 Å². The van der Waals surface area contributed by atoms with Crippen molar-refractivity contribution in [3.8, 4) is 0 Å². The summed E-state index contributed by atoms with van der Waals surface area (Å²) in [5.74, 6) is -1.07. The zero-order valence-electron chi connectivity index (χ0n) is 17.5. The molecule has 0 saturated carbocycles. The molecule has 0 unspecified atom stereocenters. The molecule has 172 valence electrons. The number of carbonyl (C=O) groups excluding carboxylic acids is 1. The number of aryl methyl sites for hydroxylation is 2. The monoisotopic (exact) mass is 491 g/mol. The van der Waals surface area contributed by atoms with E-state index in [-0.39, 0.29) is 22.9 Å². The van der Waals surface area contributed by atoms with Crippen LogP contribution in [0.3, 0.4) is 0 Å². The van der Waals surface area contributed by atoms with Crippen LogP contribution >= 0.6 is 11.6 Å². The fourth-order valence-electron chi connectivity index (χ4n) is 3.23. The Hall–Kier alpha value is -3.48. The van der Waals surface area contributed by atoms with E-state index in [1.54, 1.807) is 37.2 Å². The molecule has 3 N–H and O–H groups in total. The van der Waals surface area contributed by atoms with Gasteiger partial charge in [0.2, 0.25) is 0 Å². The fourth-order valence-corrected chi connectivity index (χ4v) is 4.28. The summed E-state index contributed by atoms with van der Waals surface area (Å²) < 4.78 is 45.9. The summed E-state index contributed by atoms with van der Waals surface area (Å²) in [7, 11) is -0.527. The van der Waals surface area contributed by atoms with Crippen LogP contribution in [0.5, 0.6) is 0 Å². The molecule has 4 aromatic rings. The Bertz CT molecular complexity index is 1470. The van der Waals surface area contributed by atoms with Crippen LogP contribution in [0.4, 0.5) is 15.8 Å². The number of anilines is 2. The lowest BCUT2D eigenvalue weighted by atomic mass is 10.2. The van der Waals surface area contributed by atoms with Crippen LogP contribution in [0.25, 0.3) is 10.9 Å². The topological polar surface area (TPSA) is 123 Å². The molecule has 33 heavy (non-hydrogen) atoms. The van der Waals surface area contributed by atoms with Crippen molar-refractivity contribution in [2.45, 2.75) is 6.54 Å². The van der Waals surface area contributed by atoms with Crippen LogP contribution in [-0.2, 0) is 30.8 Å². The van der Waals surface area contributed by atoms with E-state index in [0.29, 0.717) is 22.2 Å². The Balaban J connectivity index is 1.51. The van der Waals surface area contributed by atoms with Crippen molar-refractivity contribution >= 4 is 50.0 Å². The summed E-state index contributed by atoms with van der Waals surface area (Å²) in [5, 5.41) is 11.3. The van der Waals surface area contributed by atoms with Crippen LogP contribution in [0.2, 0.25) is 5.02 Å². The first-order valence-corrected chi connectivity index (χ1v) is 11.5. The lowest BCUT2D eigenvalue weighted by Crippen LogP contribution is -2.29. The fraction of sp³-hybridized carbons (Fsp3) is 0.150. The van der Waals surface area contributed by atoms with E-state index < -0.39 is 21.9 Å². The molecule has 0 saturated heterocycles. The van der Waals surface area contributed by atoms with Gasteiger partial charge >= 0.3 is 0 Å². The summed E-state index contributed by atoms with van der Waals surface area (Å²) in [6.45, 7) is 0.0761. The summed E-state index contributed by atoms with van der Waals surface area (Å²) in [6, 6.07) is 8.48. The van der Waals surface area contributed by atoms with E-state index in [4.69, 9.17) is 11.6 Å². The molecule has 0 spiro atoms. The molecule has 2 heterocycles. The summed E-state index contributed by atoms with van der Waals surface area (Å²) in [5.41, 5.74) is 1.96. The second kappa shape index (κ2) is 8.81. The number of fused-ring (bicyclic) bond motifs is 1. The maximum absolute atomic E-state index is 13.4. The van der Waals surface area contributed by atoms with E-state index >= 15 is 0 Å². The van der Waals surface area contributed by atoms with Crippen molar-refractivity contribution in [3.05, 3.63) is 70.9 Å². The van der Waals surface area contributed by atoms with Gasteiger partial charge in [-0.05, 0) is 36.4 Å². The zero-order chi connectivity index (χ0) is 23.8. The molecule has 0 aliphatic heterocycles. The Morgan fingerprint density at radius 2 is 1.91 bits per heavy atom. The molecule has 0 fully saturated rings. The number of amides is 1. The highest BCUT2D eigenvalue weighted by Crippen LogP contribution is 2.24. The third kappa shape index (κ3) is 5.13. The SMILES string of the molecule is Cn1cc(CNS(=O)(=O)Nc2ccc3c(C(=O)Nc4ccc(F)c(Cl)c4)n(C)nc3c2)cn1. The van der Waals surface area contributed by atoms with Gasteiger partial charge < -0.3 is 5.32 Å². The number of hydrogen-bond acceptors (Lipinski definition) is 5. The minimum Gasteiger partial charge on any atom is -0.321 e. The first-order valence-electron chi connectivity index (χ1n) is 9.59. The highest BCUT2D eigenvalue weighted by atomic mass is 35.5. The van der Waals surface area contributed by atoms with Crippen molar-refractivity contribution in [2.75, 3.05) is 10.0 Å². The second-order valence-corrected chi connectivity index (χ2v) is 9.14. The highest BCUT2D eigenvalue weighted by molar-refractivity contribution is 7.90. The number of rotatable bonds is 7. The zero-order valence-corrected chi connectivity index (χ0v) is 19.1. The number of halogens is 2. The third-order valence-corrected chi connectivity index (χ3v) is 6.02. The molecule has 13 heteroatoms. The third-order valence-electron chi connectivity index (χ3n) is 4.70. The Labute approximate surface area is 193 Å². The van der Waals surface area contributed by atoms with Gasteiger partial charge in [-0.2, -0.15) is 23.3 Å². The number of nitrogens with one attached hydrogen (secondary N) is 3. The normalized spacial score (nSPS) is 11.6. The molecule has 0 bridgehead atoms. The van der Waals surface area contributed by atoms with Crippen LogP contribution in [-0.4, -0.2) is 33.9 Å². The van der Waals surface area contributed by atoms with Crippen molar-refractivity contribution in [1.29, 1.82) is 0 Å². The molecule has 0 radical (unpaired) electrons. The van der Waals surface area contributed by atoms with Crippen LogP contribution in [0.1, 0.15) is 16.1 Å². The van der Waals surface area contributed by atoms with Crippen molar-refractivity contribution in [1.82, 2.24) is 24.3 Å². The van der Waals surface area contributed by atoms with E-state index in [1.165, 1.54) is 28.9 Å². The molecular formula is C20H19ClFN7O3S. The lowest BCUT2D eigenvalue weighted by Gasteiger charge is -2.09. The average molecular weight is 492 g/mol. The minimum absolute atomic E-state index is 0.0761. The molecule has 0 aliphatic rings. The Morgan fingerprint density at radius 1 is 1.15 bits per heavy atom. The predicted octanol–water partition coefficient (Wildman–Crippen LogP) is 2.80. The second-order valence-electron chi connectivity index (χ2n) is 7.24. The number of benzene rings is 2. The smallest absolute Gasteiger partial charge is 0.299 e. The number of carbonyl (C=O) groups is 1. The van der Waals surface area contributed by atoms with Gasteiger partial charge in [0.25, 0.3) is 16.1 Å². The summed E-state index contributed by atoms with van der Waals surface area (Å²) in [4.78, 5) is 12.8. The maximum Gasteiger partial charge on any atom is 0.299 e. The lowest BCUT2D eigenvalue weighted by molar-refractivity contribution is 0.101. The number of nitrogens with zero attached hydrogens (tertiary/aromatic N) is 4. The quantitative estimate of drug-likeness (QED) is 0.367. The number of hydrogen-bond donors (Lipinski definition) is 3. The van der Waals surface area contributed by atoms with Gasteiger partial charge in [-0.15, -0.1) is 0 Å². The standard InChI is InChI=1S/C20H19ClFN7O3S/c1-28-11-12(9-23-28)10-24-33(31,32)27-14-3-5-15-18(8-14)26-29(2)19(15)20(30)25-13-4-6-17(22)16(21)7-13/h3-9,11,24,27H,10H2,1-2H3,(H,25,30). The maximum atomic E-state index is 13.4. The van der Waals surface area contributed by atoms with E-state index in [2.05, 4.69) is 25.0 Å². The van der Waals surface area contributed by atoms with Gasteiger partial charge in [0, 0.05) is 43.5 Å².